The summed E-state index contributed by atoms with van der Waals surface area (Å²) in [6.07, 6.45) is 0. The fourth-order valence-corrected chi connectivity index (χ4v) is 3.07. The van der Waals surface area contributed by atoms with E-state index in [2.05, 4.69) is 5.32 Å². The van der Waals surface area contributed by atoms with Gasteiger partial charge in [-0.1, -0.05) is 13.0 Å². The predicted octanol–water partition coefficient (Wildman–Crippen LogP) is 1.69. The highest BCUT2D eigenvalue weighted by molar-refractivity contribution is 8.01. The van der Waals surface area contributed by atoms with E-state index in [0.29, 0.717) is 5.75 Å². The van der Waals surface area contributed by atoms with Crippen LogP contribution in [-0.2, 0) is 4.79 Å². The fourth-order valence-electron chi connectivity index (χ4n) is 1.16. The number of thioether (sulfide) groups is 1. The number of nitrogens with two attached hydrogens (primary N) is 1. The molecule has 0 saturated carbocycles. The third kappa shape index (κ3) is 3.52. The number of thiophene rings is 1. The summed E-state index contributed by atoms with van der Waals surface area (Å²) in [5.41, 5.74) is 4.76. The molecule has 84 valence electrons. The molecule has 0 aromatic carbocycles. The highest BCUT2D eigenvalue weighted by Gasteiger charge is 2.29. The van der Waals surface area contributed by atoms with Crippen LogP contribution in [0.5, 0.6) is 0 Å². The van der Waals surface area contributed by atoms with E-state index in [-0.39, 0.29) is 5.91 Å². The fraction of sp³-hybridized carbons (Fsp3) is 0.500. The molecule has 1 atom stereocenters. The Bertz CT molecular complexity index is 313. The number of nitrogens with one attached hydrogen (secondary N) is 1. The second kappa shape index (κ2) is 5.53. The van der Waals surface area contributed by atoms with Gasteiger partial charge in [0.25, 0.3) is 0 Å². The second-order valence-corrected chi connectivity index (χ2v) is 5.67. The summed E-state index contributed by atoms with van der Waals surface area (Å²) >= 11 is 3.33. The first-order chi connectivity index (χ1) is 7.08. The van der Waals surface area contributed by atoms with E-state index in [4.69, 9.17) is 5.73 Å². The van der Waals surface area contributed by atoms with E-state index < -0.39 is 5.54 Å². The lowest BCUT2D eigenvalue weighted by Crippen LogP contribution is -2.55. The summed E-state index contributed by atoms with van der Waals surface area (Å²) in [5.74, 6) is 0.366. The van der Waals surface area contributed by atoms with Gasteiger partial charge in [-0.25, -0.2) is 0 Å². The first kappa shape index (κ1) is 12.5. The Morgan fingerprint density at radius 1 is 1.73 bits per heavy atom. The van der Waals surface area contributed by atoms with E-state index >= 15 is 0 Å². The zero-order valence-corrected chi connectivity index (χ0v) is 10.6. The van der Waals surface area contributed by atoms with E-state index in [0.717, 1.165) is 6.54 Å². The maximum atomic E-state index is 11.3. The van der Waals surface area contributed by atoms with Gasteiger partial charge >= 0.3 is 0 Å². The molecule has 1 amide bonds. The van der Waals surface area contributed by atoms with Gasteiger partial charge in [0.1, 0.15) is 5.54 Å². The van der Waals surface area contributed by atoms with Crippen molar-refractivity contribution in [1.82, 2.24) is 5.32 Å². The van der Waals surface area contributed by atoms with Crippen molar-refractivity contribution >= 4 is 29.0 Å². The van der Waals surface area contributed by atoms with Crippen molar-refractivity contribution in [2.75, 3.05) is 12.3 Å². The molecule has 3 nitrogen and oxygen atoms in total. The van der Waals surface area contributed by atoms with Crippen LogP contribution in [0.1, 0.15) is 13.8 Å². The monoisotopic (exact) mass is 244 g/mol. The number of hydrogen-bond acceptors (Lipinski definition) is 4. The van der Waals surface area contributed by atoms with E-state index in [1.807, 2.05) is 31.4 Å². The van der Waals surface area contributed by atoms with Crippen molar-refractivity contribution in [3.05, 3.63) is 17.5 Å². The van der Waals surface area contributed by atoms with Crippen LogP contribution < -0.4 is 11.1 Å². The Balaban J connectivity index is 2.56. The zero-order valence-electron chi connectivity index (χ0n) is 8.95. The number of hydrogen-bond donors (Lipinski definition) is 2. The van der Waals surface area contributed by atoms with Crippen LogP contribution in [0.4, 0.5) is 0 Å². The van der Waals surface area contributed by atoms with Gasteiger partial charge in [-0.05, 0) is 24.9 Å². The van der Waals surface area contributed by atoms with Crippen LogP contribution in [-0.4, -0.2) is 23.7 Å². The SMILES string of the molecule is CCNC(C)(CSc1cccs1)C(N)=O. The van der Waals surface area contributed by atoms with Gasteiger partial charge < -0.3 is 11.1 Å². The molecule has 0 saturated heterocycles. The molecular formula is C10H16N2OS2. The van der Waals surface area contributed by atoms with Crippen LogP contribution in [0.25, 0.3) is 0 Å². The van der Waals surface area contributed by atoms with Gasteiger partial charge in [-0.15, -0.1) is 23.1 Å². The Morgan fingerprint density at radius 2 is 2.47 bits per heavy atom. The van der Waals surface area contributed by atoms with Crippen molar-refractivity contribution in [2.45, 2.75) is 23.6 Å². The van der Waals surface area contributed by atoms with Crippen LogP contribution >= 0.6 is 23.1 Å². The molecule has 1 unspecified atom stereocenters. The molecule has 5 heteroatoms. The summed E-state index contributed by atoms with van der Waals surface area (Å²) in [5, 5.41) is 5.16. The molecule has 0 fully saturated rings. The molecule has 1 heterocycles. The van der Waals surface area contributed by atoms with Gasteiger partial charge in [-0.3, -0.25) is 4.79 Å². The minimum atomic E-state index is -0.622. The van der Waals surface area contributed by atoms with E-state index in [1.54, 1.807) is 23.1 Å². The summed E-state index contributed by atoms with van der Waals surface area (Å²) in [4.78, 5) is 11.3. The standard InChI is InChI=1S/C10H16N2OS2/c1-3-12-10(2,9(11)13)7-15-8-5-4-6-14-8/h4-6,12H,3,7H2,1-2H3,(H2,11,13). The van der Waals surface area contributed by atoms with Crippen molar-refractivity contribution in [3.8, 4) is 0 Å². The van der Waals surface area contributed by atoms with Crippen molar-refractivity contribution in [3.63, 3.8) is 0 Å². The quantitative estimate of drug-likeness (QED) is 0.749. The number of likely N-dealkylation sites (N-methyl/N-ethyl adjacent to an activating group) is 1. The maximum Gasteiger partial charge on any atom is 0.238 e. The number of amides is 1. The van der Waals surface area contributed by atoms with Crippen LogP contribution in [0.2, 0.25) is 0 Å². The molecule has 1 aromatic heterocycles. The van der Waals surface area contributed by atoms with Crippen molar-refractivity contribution in [1.29, 1.82) is 0 Å². The average molecular weight is 244 g/mol. The van der Waals surface area contributed by atoms with E-state index in [9.17, 15) is 4.79 Å². The van der Waals surface area contributed by atoms with Gasteiger partial charge in [-0.2, -0.15) is 0 Å². The smallest absolute Gasteiger partial charge is 0.238 e. The summed E-state index contributed by atoms with van der Waals surface area (Å²) in [7, 11) is 0. The summed E-state index contributed by atoms with van der Waals surface area (Å²) in [6, 6.07) is 4.05. The van der Waals surface area contributed by atoms with Gasteiger partial charge in [0.15, 0.2) is 0 Å². The molecule has 15 heavy (non-hydrogen) atoms. The number of carbonyl (C=O) groups is 1. The number of rotatable bonds is 6. The number of carbonyl (C=O) groups excluding carboxylic acids is 1. The lowest BCUT2D eigenvalue weighted by Gasteiger charge is -2.26. The third-order valence-corrected chi connectivity index (χ3v) is 4.56. The predicted molar refractivity (Wildman–Crippen MR) is 66.3 cm³/mol. The van der Waals surface area contributed by atoms with Gasteiger partial charge in [0, 0.05) is 5.75 Å². The molecule has 0 radical (unpaired) electrons. The molecule has 0 aliphatic rings. The lowest BCUT2D eigenvalue weighted by molar-refractivity contribution is -0.122. The first-order valence-electron chi connectivity index (χ1n) is 4.79. The average Bonchev–Trinajstić information content (AvgIpc) is 2.67. The summed E-state index contributed by atoms with van der Waals surface area (Å²) < 4.78 is 1.21. The zero-order chi connectivity index (χ0) is 11.3. The summed E-state index contributed by atoms with van der Waals surface area (Å²) in [6.45, 7) is 4.56. The Morgan fingerprint density at radius 3 is 2.93 bits per heavy atom. The van der Waals surface area contributed by atoms with Crippen LogP contribution in [0, 0.1) is 0 Å². The van der Waals surface area contributed by atoms with Gasteiger partial charge in [0.2, 0.25) is 5.91 Å². The largest absolute Gasteiger partial charge is 0.368 e. The van der Waals surface area contributed by atoms with Crippen LogP contribution in [0.15, 0.2) is 21.7 Å². The Labute approximate surface area is 98.4 Å². The highest BCUT2D eigenvalue weighted by atomic mass is 32.2. The molecule has 1 aromatic rings. The minimum absolute atomic E-state index is 0.298. The topological polar surface area (TPSA) is 55.1 Å². The molecule has 1 rings (SSSR count). The molecule has 0 aliphatic heterocycles. The molecular weight excluding hydrogens is 228 g/mol. The minimum Gasteiger partial charge on any atom is -0.368 e. The van der Waals surface area contributed by atoms with Gasteiger partial charge in [0.05, 0.1) is 4.21 Å². The second-order valence-electron chi connectivity index (χ2n) is 3.45. The van der Waals surface area contributed by atoms with Crippen LogP contribution in [0.3, 0.4) is 0 Å². The van der Waals surface area contributed by atoms with Crippen molar-refractivity contribution in [2.24, 2.45) is 5.73 Å². The molecule has 0 aliphatic carbocycles. The highest BCUT2D eigenvalue weighted by Crippen LogP contribution is 2.26. The van der Waals surface area contributed by atoms with Crippen molar-refractivity contribution < 1.29 is 4.79 Å². The number of primary amides is 1. The molecule has 0 spiro atoms. The normalized spacial score (nSPS) is 14.8. The lowest BCUT2D eigenvalue weighted by atomic mass is 10.1. The maximum absolute atomic E-state index is 11.3. The molecule has 0 bridgehead atoms. The molecule has 3 N–H and O–H groups in total. The Hall–Kier alpha value is -0.520. The first-order valence-corrected chi connectivity index (χ1v) is 6.66. The van der Waals surface area contributed by atoms with E-state index in [1.165, 1.54) is 4.21 Å². The third-order valence-electron chi connectivity index (χ3n) is 2.11. The Kier molecular flexibility index (Phi) is 4.63.